The molecule has 0 bridgehead atoms. The van der Waals surface area contributed by atoms with Crippen LogP contribution in [0, 0.1) is 0 Å². The predicted octanol–water partition coefficient (Wildman–Crippen LogP) is 6.85. The molecule has 3 aromatic rings. The average Bonchev–Trinajstić information content (AvgIpc) is 3.29. The molecule has 1 N–H and O–H groups in total. The number of piperazine rings is 1. The maximum atomic E-state index is 15.1. The van der Waals surface area contributed by atoms with Gasteiger partial charge in [-0.1, -0.05) is 68.2 Å². The molecule has 2 aliphatic rings. The van der Waals surface area contributed by atoms with Gasteiger partial charge in [0.25, 0.3) is 0 Å². The van der Waals surface area contributed by atoms with Gasteiger partial charge in [0, 0.05) is 79.6 Å². The molecule has 5 rings (SSSR count). The highest BCUT2D eigenvalue weighted by Crippen LogP contribution is 2.54. The van der Waals surface area contributed by atoms with Crippen molar-refractivity contribution in [3.05, 3.63) is 93.2 Å². The Morgan fingerprint density at radius 1 is 0.938 bits per heavy atom. The third kappa shape index (κ3) is 6.91. The van der Waals surface area contributed by atoms with Crippen LogP contribution in [0.4, 0.5) is 4.79 Å². The number of ether oxygens (including phenoxy) is 1. The molecule has 2 aliphatic heterocycles. The number of amidine groups is 1. The van der Waals surface area contributed by atoms with Gasteiger partial charge in [-0.05, 0) is 56.2 Å². The highest BCUT2D eigenvalue weighted by atomic mass is 35.5. The smallest absolute Gasteiger partial charge is 0.326 e. The maximum Gasteiger partial charge on any atom is 0.326 e. The number of nitrogens with one attached hydrogen (secondary N) is 1. The van der Waals surface area contributed by atoms with Gasteiger partial charge in [0.2, 0.25) is 5.91 Å². The van der Waals surface area contributed by atoms with E-state index in [1.165, 1.54) is 6.92 Å². The van der Waals surface area contributed by atoms with Crippen molar-refractivity contribution in [2.75, 3.05) is 45.9 Å². The molecule has 0 unspecified atom stereocenters. The van der Waals surface area contributed by atoms with E-state index in [1.807, 2.05) is 71.3 Å². The minimum absolute atomic E-state index is 0.0497. The molecule has 2 atom stereocenters. The van der Waals surface area contributed by atoms with E-state index in [9.17, 15) is 4.79 Å². The number of benzene rings is 2. The fraction of sp³-hybridized carbons (Fsp3) is 0.459. The summed E-state index contributed by atoms with van der Waals surface area (Å²) >= 11 is 12.8. The van der Waals surface area contributed by atoms with Gasteiger partial charge in [-0.15, -0.1) is 0 Å². The van der Waals surface area contributed by atoms with Crippen LogP contribution in [0.25, 0.3) is 0 Å². The van der Waals surface area contributed by atoms with E-state index in [-0.39, 0.29) is 17.4 Å². The summed E-state index contributed by atoms with van der Waals surface area (Å²) in [5.41, 5.74) is 1.12. The van der Waals surface area contributed by atoms with Crippen molar-refractivity contribution in [1.29, 1.82) is 0 Å². The number of hydrogen-bond acceptors (Lipinski definition) is 6. The Morgan fingerprint density at radius 2 is 1.52 bits per heavy atom. The minimum atomic E-state index is -1.01. The number of aliphatic imine (C=N–C) groups is 1. The summed E-state index contributed by atoms with van der Waals surface area (Å²) in [6, 6.07) is 17.1. The Bertz CT molecular complexity index is 1670. The van der Waals surface area contributed by atoms with Crippen molar-refractivity contribution in [2.24, 2.45) is 4.99 Å². The van der Waals surface area contributed by atoms with Crippen molar-refractivity contribution in [3.8, 4) is 5.75 Å². The van der Waals surface area contributed by atoms with Crippen LogP contribution in [0.5, 0.6) is 5.75 Å². The predicted molar refractivity (Wildman–Crippen MR) is 192 cm³/mol. The molecule has 1 aromatic heterocycles. The lowest BCUT2D eigenvalue weighted by molar-refractivity contribution is -0.119. The first-order valence-electron chi connectivity index (χ1n) is 16.5. The molecule has 11 heteroatoms. The molecule has 256 valence electrons. The topological polar surface area (TPSA) is 90.4 Å². The second kappa shape index (κ2) is 14.1. The van der Waals surface area contributed by atoms with Gasteiger partial charge in [0.05, 0.1) is 12.2 Å². The largest absolute Gasteiger partial charge is 0.493 e. The summed E-state index contributed by atoms with van der Waals surface area (Å²) in [5.74, 6) is 1.06. The van der Waals surface area contributed by atoms with E-state index in [2.05, 4.69) is 44.8 Å². The molecule has 3 amide bonds. The lowest BCUT2D eigenvalue weighted by Crippen LogP contribution is -2.61. The van der Waals surface area contributed by atoms with Gasteiger partial charge in [0.1, 0.15) is 22.7 Å². The summed E-state index contributed by atoms with van der Waals surface area (Å²) in [6.07, 6.45) is 1.79. The summed E-state index contributed by atoms with van der Waals surface area (Å²) in [7, 11) is 0. The highest BCUT2D eigenvalue weighted by molar-refractivity contribution is 6.30. The van der Waals surface area contributed by atoms with Gasteiger partial charge in [-0.3, -0.25) is 24.6 Å². The van der Waals surface area contributed by atoms with Crippen LogP contribution in [0.2, 0.25) is 10.0 Å². The SMILES string of the molecule is CCOc1cc(C(C)(C)C)ncc1C1=N[C@@](C)(c2ccc(Cl)cc2)[C@@](C)(c2ccc(Cl)cc2)N1C(=O)N1CCN(CCNC(C)=O)CC1. The molecule has 48 heavy (non-hydrogen) atoms. The van der Waals surface area contributed by atoms with Crippen LogP contribution < -0.4 is 10.1 Å². The van der Waals surface area contributed by atoms with Crippen molar-refractivity contribution in [2.45, 2.75) is 65.0 Å². The minimum Gasteiger partial charge on any atom is -0.493 e. The number of aromatic nitrogens is 1. The first-order chi connectivity index (χ1) is 22.7. The molecule has 9 nitrogen and oxygen atoms in total. The van der Waals surface area contributed by atoms with Crippen molar-refractivity contribution >= 4 is 41.0 Å². The normalized spacial score (nSPS) is 21.6. The molecule has 0 spiro atoms. The molecule has 1 saturated heterocycles. The lowest BCUT2D eigenvalue weighted by Gasteiger charge is -2.47. The molecule has 0 saturated carbocycles. The number of nitrogens with zero attached hydrogens (tertiary/aromatic N) is 5. The number of pyridine rings is 1. The number of urea groups is 1. The van der Waals surface area contributed by atoms with Crippen LogP contribution in [0.3, 0.4) is 0 Å². The Balaban J connectivity index is 1.67. The van der Waals surface area contributed by atoms with Crippen molar-refractivity contribution in [3.63, 3.8) is 0 Å². The first-order valence-corrected chi connectivity index (χ1v) is 17.3. The zero-order valence-electron chi connectivity index (χ0n) is 28.9. The molecule has 3 heterocycles. The van der Waals surface area contributed by atoms with E-state index in [0.29, 0.717) is 66.5 Å². The van der Waals surface area contributed by atoms with Crippen LogP contribution in [-0.2, 0) is 21.3 Å². The van der Waals surface area contributed by atoms with Crippen LogP contribution >= 0.6 is 23.2 Å². The lowest BCUT2D eigenvalue weighted by atomic mass is 9.71. The van der Waals surface area contributed by atoms with Gasteiger partial charge in [-0.2, -0.15) is 0 Å². The Kier molecular flexibility index (Phi) is 10.4. The molecular weight excluding hydrogens is 647 g/mol. The number of carbonyl (C=O) groups excluding carboxylic acids is 2. The number of amides is 3. The van der Waals surface area contributed by atoms with E-state index in [0.717, 1.165) is 23.4 Å². The monoisotopic (exact) mass is 692 g/mol. The van der Waals surface area contributed by atoms with Crippen LogP contribution in [-0.4, -0.2) is 83.3 Å². The summed E-state index contributed by atoms with van der Waals surface area (Å²) in [4.78, 5) is 42.9. The van der Waals surface area contributed by atoms with Gasteiger partial charge < -0.3 is 15.0 Å². The van der Waals surface area contributed by atoms with Gasteiger partial charge in [-0.25, -0.2) is 4.79 Å². The summed E-state index contributed by atoms with van der Waals surface area (Å²) in [5, 5.41) is 4.08. The Morgan fingerprint density at radius 3 is 2.06 bits per heavy atom. The summed E-state index contributed by atoms with van der Waals surface area (Å²) in [6.45, 7) is 18.1. The quantitative estimate of drug-likeness (QED) is 0.279. The zero-order valence-corrected chi connectivity index (χ0v) is 30.5. The average molecular weight is 694 g/mol. The van der Waals surface area contributed by atoms with E-state index in [4.69, 9.17) is 37.9 Å². The van der Waals surface area contributed by atoms with E-state index < -0.39 is 11.1 Å². The third-order valence-corrected chi connectivity index (χ3v) is 10.1. The van der Waals surface area contributed by atoms with Gasteiger partial charge in [0.15, 0.2) is 0 Å². The molecule has 0 aliphatic carbocycles. The van der Waals surface area contributed by atoms with Crippen molar-refractivity contribution in [1.82, 2.24) is 25.0 Å². The third-order valence-electron chi connectivity index (χ3n) is 9.56. The Hall–Kier alpha value is -3.66. The molecular formula is C37H46Cl2N6O3. The number of hydrogen-bond donors (Lipinski definition) is 1. The fourth-order valence-corrected chi connectivity index (χ4v) is 6.80. The zero-order chi connectivity index (χ0) is 34.9. The molecule has 1 fully saturated rings. The number of rotatable bonds is 8. The first kappa shape index (κ1) is 35.6. The summed E-state index contributed by atoms with van der Waals surface area (Å²) < 4.78 is 6.26. The fourth-order valence-electron chi connectivity index (χ4n) is 6.55. The van der Waals surface area contributed by atoms with Crippen molar-refractivity contribution < 1.29 is 14.3 Å². The maximum absolute atomic E-state index is 15.1. The van der Waals surface area contributed by atoms with E-state index >= 15 is 4.79 Å². The number of halogens is 2. The molecule has 0 radical (unpaired) electrons. The Labute approximate surface area is 294 Å². The second-order valence-corrected chi connectivity index (χ2v) is 14.6. The second-order valence-electron chi connectivity index (χ2n) is 13.8. The van der Waals surface area contributed by atoms with E-state index in [1.54, 1.807) is 6.20 Å². The van der Waals surface area contributed by atoms with Gasteiger partial charge >= 0.3 is 6.03 Å². The number of carbonyl (C=O) groups is 2. The van der Waals surface area contributed by atoms with Crippen LogP contribution in [0.15, 0.2) is 65.8 Å². The van der Waals surface area contributed by atoms with Crippen LogP contribution in [0.1, 0.15) is 70.9 Å². The standard InChI is InChI=1S/C37H46Cl2N6O3/c1-8-48-31-23-32(35(3,4)5)41-24-30(31)33-42-36(6,26-9-13-28(38)14-10-26)37(7,27-11-15-29(39)16-12-27)45(33)34(47)44-21-19-43(20-22-44)18-17-40-25(2)46/h9-16,23-24H,8,17-22H2,1-7H3,(H,40,46)/t36-,37+/m0/s1. The highest BCUT2D eigenvalue weighted by Gasteiger charge is 2.60. The molecule has 2 aromatic carbocycles.